The molecule has 1 fully saturated rings. The molecule has 0 bridgehead atoms. The molecule has 162 valence electrons. The van der Waals surface area contributed by atoms with Gasteiger partial charge in [-0.25, -0.2) is 0 Å². The molecule has 4 rings (SSSR count). The molecule has 0 aromatic heterocycles. The molecular formula is C25H26O6. The molecule has 0 amide bonds. The van der Waals surface area contributed by atoms with Gasteiger partial charge in [-0.2, -0.15) is 0 Å². The van der Waals surface area contributed by atoms with Crippen LogP contribution in [0, 0.1) is 0 Å². The summed E-state index contributed by atoms with van der Waals surface area (Å²) >= 11 is 0. The first-order valence-corrected chi connectivity index (χ1v) is 10.5. The zero-order chi connectivity index (χ0) is 22.1. The van der Waals surface area contributed by atoms with E-state index in [4.69, 9.17) is 0 Å². The Bertz CT molecular complexity index is 1030. The Morgan fingerprint density at radius 1 is 0.548 bits per heavy atom. The van der Waals surface area contributed by atoms with Gasteiger partial charge in [0, 0.05) is 17.0 Å². The number of hydrogen-bond acceptors (Lipinski definition) is 6. The minimum atomic E-state index is -0.765. The second-order valence-electron chi connectivity index (χ2n) is 8.18. The SMILES string of the molecule is Oc1ccc(C(c2ccc(C3CCCCC3)cc2)c2ccc(O)c(O)c2O)c(O)c1O. The molecule has 0 heterocycles. The highest BCUT2D eigenvalue weighted by atomic mass is 16.3. The molecule has 31 heavy (non-hydrogen) atoms. The van der Waals surface area contributed by atoms with Crippen molar-refractivity contribution >= 4 is 0 Å². The largest absolute Gasteiger partial charge is 0.504 e. The molecule has 6 nitrogen and oxygen atoms in total. The number of aromatic hydroxyl groups is 6. The summed E-state index contributed by atoms with van der Waals surface area (Å²) in [6.07, 6.45) is 6.01. The van der Waals surface area contributed by atoms with E-state index in [1.807, 2.05) is 24.3 Å². The number of rotatable bonds is 4. The van der Waals surface area contributed by atoms with Crippen LogP contribution in [-0.2, 0) is 0 Å². The second-order valence-corrected chi connectivity index (χ2v) is 8.18. The van der Waals surface area contributed by atoms with Crippen LogP contribution in [-0.4, -0.2) is 30.6 Å². The molecule has 1 saturated carbocycles. The van der Waals surface area contributed by atoms with Gasteiger partial charge >= 0.3 is 0 Å². The minimum absolute atomic E-state index is 0.237. The predicted octanol–water partition coefficient (Wildman–Crippen LogP) is 5.15. The number of benzene rings is 3. The number of hydrogen-bond donors (Lipinski definition) is 6. The Morgan fingerprint density at radius 2 is 1.03 bits per heavy atom. The zero-order valence-corrected chi connectivity index (χ0v) is 17.0. The van der Waals surface area contributed by atoms with Crippen molar-refractivity contribution < 1.29 is 30.6 Å². The van der Waals surface area contributed by atoms with Crippen molar-refractivity contribution in [1.29, 1.82) is 0 Å². The average molecular weight is 422 g/mol. The van der Waals surface area contributed by atoms with Crippen LogP contribution in [0.1, 0.15) is 66.2 Å². The van der Waals surface area contributed by atoms with E-state index < -0.39 is 40.4 Å². The maximum absolute atomic E-state index is 10.5. The Balaban J connectivity index is 1.83. The summed E-state index contributed by atoms with van der Waals surface area (Å²) in [5.74, 6) is -3.55. The third kappa shape index (κ3) is 3.81. The maximum Gasteiger partial charge on any atom is 0.200 e. The van der Waals surface area contributed by atoms with Gasteiger partial charge < -0.3 is 30.6 Å². The van der Waals surface area contributed by atoms with E-state index in [9.17, 15) is 30.6 Å². The first-order chi connectivity index (χ1) is 14.9. The van der Waals surface area contributed by atoms with Crippen molar-refractivity contribution in [2.24, 2.45) is 0 Å². The fourth-order valence-corrected chi connectivity index (χ4v) is 4.56. The van der Waals surface area contributed by atoms with Gasteiger partial charge in [-0.15, -0.1) is 0 Å². The molecule has 0 aliphatic heterocycles. The summed E-state index contributed by atoms with van der Waals surface area (Å²) in [5.41, 5.74) is 2.42. The lowest BCUT2D eigenvalue weighted by Crippen LogP contribution is -2.07. The maximum atomic E-state index is 10.5. The van der Waals surface area contributed by atoms with Crippen LogP contribution in [0.15, 0.2) is 48.5 Å². The fraction of sp³-hybridized carbons (Fsp3) is 0.280. The van der Waals surface area contributed by atoms with Gasteiger partial charge in [-0.1, -0.05) is 55.7 Å². The quantitative estimate of drug-likeness (QED) is 0.255. The third-order valence-electron chi connectivity index (χ3n) is 6.29. The first kappa shape index (κ1) is 20.7. The standard InChI is InChI=1S/C25H26O6/c26-19-12-10-17(22(28)24(19)30)21(18-11-13-20(27)25(31)23(18)29)16-8-6-15(7-9-16)14-4-2-1-3-5-14/h6-14,21,26-31H,1-5H2. The monoisotopic (exact) mass is 422 g/mol. The fourth-order valence-electron chi connectivity index (χ4n) is 4.56. The van der Waals surface area contributed by atoms with Crippen molar-refractivity contribution in [3.8, 4) is 34.5 Å². The van der Waals surface area contributed by atoms with Crippen LogP contribution in [0.3, 0.4) is 0 Å². The van der Waals surface area contributed by atoms with E-state index in [-0.39, 0.29) is 11.1 Å². The van der Waals surface area contributed by atoms with Crippen LogP contribution < -0.4 is 0 Å². The van der Waals surface area contributed by atoms with E-state index in [1.165, 1.54) is 49.1 Å². The highest BCUT2D eigenvalue weighted by Gasteiger charge is 2.27. The molecule has 0 saturated heterocycles. The molecule has 1 aliphatic rings. The van der Waals surface area contributed by atoms with E-state index in [0.29, 0.717) is 11.5 Å². The first-order valence-electron chi connectivity index (χ1n) is 10.5. The Kier molecular flexibility index (Phi) is 5.55. The lowest BCUT2D eigenvalue weighted by atomic mass is 9.81. The van der Waals surface area contributed by atoms with Crippen LogP contribution in [0.4, 0.5) is 0 Å². The zero-order valence-electron chi connectivity index (χ0n) is 17.0. The lowest BCUT2D eigenvalue weighted by molar-refractivity contribution is 0.360. The average Bonchev–Trinajstić information content (AvgIpc) is 2.80. The van der Waals surface area contributed by atoms with Gasteiger partial charge in [0.25, 0.3) is 0 Å². The van der Waals surface area contributed by atoms with Gasteiger partial charge in [-0.05, 0) is 42.0 Å². The van der Waals surface area contributed by atoms with E-state index in [2.05, 4.69) is 0 Å². The summed E-state index contributed by atoms with van der Waals surface area (Å²) in [6.45, 7) is 0. The molecule has 6 heteroatoms. The van der Waals surface area contributed by atoms with E-state index in [0.717, 1.165) is 12.8 Å². The Morgan fingerprint density at radius 3 is 1.52 bits per heavy atom. The van der Waals surface area contributed by atoms with Crippen LogP contribution >= 0.6 is 0 Å². The van der Waals surface area contributed by atoms with Gasteiger partial charge in [0.15, 0.2) is 23.0 Å². The molecule has 6 N–H and O–H groups in total. The number of phenolic OH excluding ortho intramolecular Hbond substituents is 6. The van der Waals surface area contributed by atoms with Crippen molar-refractivity contribution in [1.82, 2.24) is 0 Å². The Labute approximate surface area is 180 Å². The van der Waals surface area contributed by atoms with Crippen molar-refractivity contribution in [3.05, 3.63) is 70.8 Å². The van der Waals surface area contributed by atoms with E-state index >= 15 is 0 Å². The molecule has 0 atom stereocenters. The summed E-state index contributed by atoms with van der Waals surface area (Å²) in [7, 11) is 0. The van der Waals surface area contributed by atoms with E-state index in [1.54, 1.807) is 0 Å². The molecule has 1 aliphatic carbocycles. The van der Waals surface area contributed by atoms with Crippen molar-refractivity contribution in [2.75, 3.05) is 0 Å². The van der Waals surface area contributed by atoms with Gasteiger partial charge in [-0.3, -0.25) is 0 Å². The highest BCUT2D eigenvalue weighted by Crippen LogP contribution is 2.49. The summed E-state index contributed by atoms with van der Waals surface area (Å²) in [5, 5.41) is 60.7. The molecule has 0 unspecified atom stereocenters. The summed E-state index contributed by atoms with van der Waals surface area (Å²) in [4.78, 5) is 0. The van der Waals surface area contributed by atoms with Crippen molar-refractivity contribution in [2.45, 2.75) is 43.9 Å². The Hall–Kier alpha value is -3.54. The molecule has 0 radical (unpaired) electrons. The van der Waals surface area contributed by atoms with Crippen LogP contribution in [0.25, 0.3) is 0 Å². The summed E-state index contributed by atoms with van der Waals surface area (Å²) < 4.78 is 0. The molecule has 0 spiro atoms. The van der Waals surface area contributed by atoms with Crippen LogP contribution in [0.5, 0.6) is 34.5 Å². The number of phenols is 6. The highest BCUT2D eigenvalue weighted by molar-refractivity contribution is 5.63. The topological polar surface area (TPSA) is 121 Å². The molecule has 3 aromatic carbocycles. The smallest absolute Gasteiger partial charge is 0.200 e. The predicted molar refractivity (Wildman–Crippen MR) is 116 cm³/mol. The second kappa shape index (κ2) is 8.30. The van der Waals surface area contributed by atoms with Crippen molar-refractivity contribution in [3.63, 3.8) is 0 Å². The summed E-state index contributed by atoms with van der Waals surface area (Å²) in [6, 6.07) is 13.3. The normalized spacial score (nSPS) is 14.7. The molecular weight excluding hydrogens is 396 g/mol. The van der Waals surface area contributed by atoms with Gasteiger partial charge in [0.1, 0.15) is 0 Å². The third-order valence-corrected chi connectivity index (χ3v) is 6.29. The van der Waals surface area contributed by atoms with Gasteiger partial charge in [0.2, 0.25) is 11.5 Å². The lowest BCUT2D eigenvalue weighted by Gasteiger charge is -2.24. The minimum Gasteiger partial charge on any atom is -0.504 e. The molecule has 3 aromatic rings. The van der Waals surface area contributed by atoms with Crippen LogP contribution in [0.2, 0.25) is 0 Å². The van der Waals surface area contributed by atoms with Gasteiger partial charge in [0.05, 0.1) is 0 Å².